The molecule has 0 saturated carbocycles. The van der Waals surface area contributed by atoms with Crippen molar-refractivity contribution in [2.24, 2.45) is 0 Å². The van der Waals surface area contributed by atoms with Crippen molar-refractivity contribution >= 4 is 56.8 Å². The van der Waals surface area contributed by atoms with Crippen LogP contribution in [0, 0.1) is 6.92 Å². The summed E-state index contributed by atoms with van der Waals surface area (Å²) in [6, 6.07) is 39.8. The van der Waals surface area contributed by atoms with Crippen LogP contribution in [0.15, 0.2) is 149 Å². The molecule has 4 amide bonds. The predicted molar refractivity (Wildman–Crippen MR) is 222 cm³/mol. The highest BCUT2D eigenvalue weighted by atomic mass is 16.5. The first kappa shape index (κ1) is 38.4. The second-order valence-corrected chi connectivity index (χ2v) is 13.0. The Bertz CT molecular complexity index is 2510. The number of urea groups is 2. The number of phenols is 1. The van der Waals surface area contributed by atoms with Gasteiger partial charge in [0.1, 0.15) is 29.4 Å². The topological polar surface area (TPSA) is 154 Å². The van der Waals surface area contributed by atoms with Crippen molar-refractivity contribution in [3.05, 3.63) is 155 Å². The second kappa shape index (κ2) is 18.1. The molecule has 0 spiro atoms. The predicted octanol–water partition coefficient (Wildman–Crippen LogP) is 9.67. The van der Waals surface area contributed by atoms with E-state index in [4.69, 9.17) is 13.9 Å². The molecule has 0 aliphatic rings. The van der Waals surface area contributed by atoms with Crippen LogP contribution in [-0.4, -0.2) is 49.3 Å². The van der Waals surface area contributed by atoms with Crippen LogP contribution in [-0.2, 0) is 0 Å². The largest absolute Gasteiger partial charge is 0.508 e. The molecule has 0 unspecified atom stereocenters. The monoisotopic (exact) mass is 751 g/mol. The number of para-hydroxylation sites is 2. The van der Waals surface area contributed by atoms with Crippen LogP contribution in [0.25, 0.3) is 21.9 Å². The van der Waals surface area contributed by atoms with Gasteiger partial charge in [0.15, 0.2) is 11.3 Å². The van der Waals surface area contributed by atoms with E-state index in [0.29, 0.717) is 68.5 Å². The lowest BCUT2D eigenvalue weighted by molar-refractivity contribution is 0.261. The van der Waals surface area contributed by atoms with Gasteiger partial charge in [0.25, 0.3) is 0 Å². The number of rotatable bonds is 10. The third-order valence-corrected chi connectivity index (χ3v) is 8.14. The zero-order valence-corrected chi connectivity index (χ0v) is 31.0. The highest BCUT2D eigenvalue weighted by Gasteiger charge is 2.15. The number of nitrogens with zero attached hydrogens (tertiary/aromatic N) is 1. The number of benzene rings is 6. The molecular weight excluding hydrogens is 711 g/mol. The summed E-state index contributed by atoms with van der Waals surface area (Å²) in [6.45, 7) is 3.12. The molecule has 0 aliphatic heterocycles. The van der Waals surface area contributed by atoms with Gasteiger partial charge in [0.05, 0.1) is 10.8 Å². The van der Waals surface area contributed by atoms with Crippen LogP contribution in [0.4, 0.5) is 32.3 Å². The number of nitrogens with one attached hydrogen (secondary N) is 4. The maximum atomic E-state index is 13.3. The molecule has 1 aromatic heterocycles. The first-order chi connectivity index (χ1) is 27.1. The molecule has 0 atom stereocenters. The Morgan fingerprint density at radius 3 is 1.84 bits per heavy atom. The molecule has 12 heteroatoms. The number of hydrogen-bond acceptors (Lipinski definition) is 8. The van der Waals surface area contributed by atoms with E-state index in [9.17, 15) is 19.5 Å². The summed E-state index contributed by atoms with van der Waals surface area (Å²) in [5, 5.41) is 21.1. The number of anilines is 4. The van der Waals surface area contributed by atoms with Crippen molar-refractivity contribution < 1.29 is 28.6 Å². The highest BCUT2D eigenvalue weighted by Crippen LogP contribution is 2.32. The molecule has 284 valence electrons. The summed E-state index contributed by atoms with van der Waals surface area (Å²) in [5.41, 5.74) is 4.09. The van der Waals surface area contributed by atoms with Crippen molar-refractivity contribution in [1.29, 1.82) is 0 Å². The summed E-state index contributed by atoms with van der Waals surface area (Å²) in [5.74, 6) is 1.64. The van der Waals surface area contributed by atoms with Gasteiger partial charge in [-0.3, -0.25) is 4.79 Å². The van der Waals surface area contributed by atoms with Crippen LogP contribution < -0.4 is 36.2 Å². The summed E-state index contributed by atoms with van der Waals surface area (Å²) in [6.07, 6.45) is 0. The molecule has 0 saturated heterocycles. The van der Waals surface area contributed by atoms with Crippen molar-refractivity contribution in [2.75, 3.05) is 48.5 Å². The fourth-order valence-electron chi connectivity index (χ4n) is 5.54. The highest BCUT2D eigenvalue weighted by molar-refractivity contribution is 6.00. The Morgan fingerprint density at radius 1 is 0.643 bits per heavy atom. The molecule has 0 radical (unpaired) electrons. The van der Waals surface area contributed by atoms with Crippen molar-refractivity contribution in [1.82, 2.24) is 4.90 Å². The molecule has 5 N–H and O–H groups in total. The van der Waals surface area contributed by atoms with Gasteiger partial charge in [0.2, 0.25) is 5.43 Å². The quantitative estimate of drug-likeness (QED) is 0.0866. The van der Waals surface area contributed by atoms with Gasteiger partial charge < -0.3 is 45.2 Å². The van der Waals surface area contributed by atoms with Gasteiger partial charge in [0, 0.05) is 47.5 Å². The summed E-state index contributed by atoms with van der Waals surface area (Å²) >= 11 is 0. The number of fused-ring (bicyclic) bond motifs is 2. The van der Waals surface area contributed by atoms with Crippen LogP contribution in [0.5, 0.6) is 23.0 Å². The lowest BCUT2D eigenvalue weighted by Gasteiger charge is -2.13. The standard InChI is InChI=1S/C31H29N3O5.C13H12N2O2/c1-20-16-26-29(35)25-13-12-24(19-27(25)39-30(26)28(17-20)37-15-14-34(2)3)38-23-11-7-10-22(18-23)33-31(36)32-21-8-5-4-6-9-21;16-12-8-4-7-11(9-12)15-13(17)14-10-5-2-1-3-6-10/h4-13,16-19H,14-15H2,1-3H3,(H2,32,33,36);1-9,16H,(H2,14,15,17). The number of amides is 4. The number of carbonyl (C=O) groups is 2. The number of ether oxygens (including phenoxy) is 2. The Hall–Kier alpha value is -7.31. The normalized spacial score (nSPS) is 10.6. The first-order valence-electron chi connectivity index (χ1n) is 17.7. The number of phenolic OH excluding ortho intramolecular Hbond substituents is 1. The number of aromatic hydroxyl groups is 1. The van der Waals surface area contributed by atoms with Crippen LogP contribution in [0.3, 0.4) is 0 Å². The summed E-state index contributed by atoms with van der Waals surface area (Å²) in [7, 11) is 3.94. The number of carbonyl (C=O) groups excluding carboxylic acids is 2. The number of hydrogen-bond donors (Lipinski definition) is 5. The molecule has 7 rings (SSSR count). The van der Waals surface area contributed by atoms with E-state index < -0.39 is 0 Å². The van der Waals surface area contributed by atoms with E-state index >= 15 is 0 Å². The Morgan fingerprint density at radius 2 is 1.21 bits per heavy atom. The molecule has 12 nitrogen and oxygen atoms in total. The average molecular weight is 752 g/mol. The fraction of sp³-hybridized carbons (Fsp3) is 0.114. The summed E-state index contributed by atoms with van der Waals surface area (Å²) in [4.78, 5) is 39.3. The van der Waals surface area contributed by atoms with E-state index in [1.807, 2.05) is 74.4 Å². The molecule has 1 heterocycles. The van der Waals surface area contributed by atoms with E-state index in [2.05, 4.69) is 21.3 Å². The first-order valence-corrected chi connectivity index (χ1v) is 17.7. The minimum Gasteiger partial charge on any atom is -0.508 e. The van der Waals surface area contributed by atoms with Gasteiger partial charge in [-0.1, -0.05) is 48.5 Å². The maximum Gasteiger partial charge on any atom is 0.323 e. The van der Waals surface area contributed by atoms with Gasteiger partial charge in [-0.15, -0.1) is 0 Å². The fourth-order valence-corrected chi connectivity index (χ4v) is 5.54. The minimum absolute atomic E-state index is 0.113. The Balaban J connectivity index is 0.000000261. The molecular formula is C44H41N5O7. The molecule has 56 heavy (non-hydrogen) atoms. The van der Waals surface area contributed by atoms with Crippen LogP contribution in [0.1, 0.15) is 5.56 Å². The van der Waals surface area contributed by atoms with Gasteiger partial charge >= 0.3 is 12.1 Å². The zero-order valence-electron chi connectivity index (χ0n) is 31.0. The lowest BCUT2D eigenvalue weighted by atomic mass is 10.1. The Kier molecular flexibility index (Phi) is 12.4. The Labute approximate surface area is 323 Å². The van der Waals surface area contributed by atoms with E-state index in [0.717, 1.165) is 12.1 Å². The van der Waals surface area contributed by atoms with Crippen molar-refractivity contribution in [3.8, 4) is 23.0 Å². The molecule has 7 aromatic rings. The SMILES string of the molecule is Cc1cc(OCCN(C)C)c2oc3cc(Oc4cccc(NC(=O)Nc5ccccc5)c4)ccc3c(=O)c2c1.O=C(Nc1ccccc1)Nc1cccc(O)c1. The number of likely N-dealkylation sites (N-methyl/N-ethyl adjacent to an activating group) is 1. The van der Waals surface area contributed by atoms with Crippen molar-refractivity contribution in [2.45, 2.75) is 6.92 Å². The van der Waals surface area contributed by atoms with Crippen LogP contribution >= 0.6 is 0 Å². The van der Waals surface area contributed by atoms with Crippen molar-refractivity contribution in [3.63, 3.8) is 0 Å². The molecule has 0 fully saturated rings. The van der Waals surface area contributed by atoms with Gasteiger partial charge in [-0.05, 0) is 99.4 Å². The van der Waals surface area contributed by atoms with E-state index in [-0.39, 0.29) is 23.2 Å². The lowest BCUT2D eigenvalue weighted by Crippen LogP contribution is -2.19. The average Bonchev–Trinajstić information content (AvgIpc) is 3.16. The summed E-state index contributed by atoms with van der Waals surface area (Å²) < 4.78 is 18.2. The zero-order chi connectivity index (χ0) is 39.4. The van der Waals surface area contributed by atoms with E-state index in [1.54, 1.807) is 84.9 Å². The molecule has 0 aliphatic carbocycles. The van der Waals surface area contributed by atoms with E-state index in [1.165, 1.54) is 6.07 Å². The third kappa shape index (κ3) is 10.6. The smallest absolute Gasteiger partial charge is 0.323 e. The second-order valence-electron chi connectivity index (χ2n) is 13.0. The van der Waals surface area contributed by atoms with Gasteiger partial charge in [-0.2, -0.15) is 0 Å². The van der Waals surface area contributed by atoms with Gasteiger partial charge in [-0.25, -0.2) is 9.59 Å². The number of aryl methyl sites for hydroxylation is 1. The molecule has 0 bridgehead atoms. The van der Waals surface area contributed by atoms with Crippen LogP contribution in [0.2, 0.25) is 0 Å². The minimum atomic E-state index is -0.364. The molecule has 6 aromatic carbocycles. The third-order valence-electron chi connectivity index (χ3n) is 8.14. The maximum absolute atomic E-state index is 13.3.